The molecule has 0 bridgehead atoms. The van der Waals surface area contributed by atoms with E-state index in [2.05, 4.69) is 18.1 Å². The number of nitrogens with zero attached hydrogens (tertiary/aromatic N) is 1. The second kappa shape index (κ2) is 9.69. The highest BCUT2D eigenvalue weighted by Crippen LogP contribution is 2.13. The molecule has 0 radical (unpaired) electrons. The first kappa shape index (κ1) is 14.7. The van der Waals surface area contributed by atoms with Crippen LogP contribution >= 0.6 is 0 Å². The van der Waals surface area contributed by atoms with Crippen molar-refractivity contribution in [1.82, 2.24) is 0 Å². The van der Waals surface area contributed by atoms with Crippen molar-refractivity contribution in [2.75, 3.05) is 0 Å². The van der Waals surface area contributed by atoms with Crippen LogP contribution in [-0.4, -0.2) is 11.4 Å². The lowest BCUT2D eigenvalue weighted by molar-refractivity contribution is 0.322. The largest absolute Gasteiger partial charge is 0.411 e. The summed E-state index contributed by atoms with van der Waals surface area (Å²) in [4.78, 5) is 0. The Morgan fingerprint density at radius 3 is 2.39 bits per heavy atom. The first-order chi connectivity index (χ1) is 8.88. The number of unbranched alkanes of at least 4 members (excludes halogenated alkanes) is 6. The van der Waals surface area contributed by atoms with Crippen LogP contribution in [0.3, 0.4) is 0 Å². The van der Waals surface area contributed by atoms with Gasteiger partial charge in [-0.3, -0.25) is 0 Å². The maximum Gasteiger partial charge on any atom is 0.0736 e. The van der Waals surface area contributed by atoms with E-state index in [1.807, 2.05) is 18.2 Å². The smallest absolute Gasteiger partial charge is 0.0736 e. The molecule has 0 aliphatic carbocycles. The molecule has 0 spiro atoms. The minimum Gasteiger partial charge on any atom is -0.411 e. The summed E-state index contributed by atoms with van der Waals surface area (Å²) in [5.74, 6) is 0. The number of hydrogen-bond donors (Lipinski definition) is 1. The monoisotopic (exact) mass is 247 g/mol. The average Bonchev–Trinajstić information content (AvgIpc) is 2.40. The van der Waals surface area contributed by atoms with Gasteiger partial charge in [-0.2, -0.15) is 0 Å². The Bertz CT molecular complexity index is 347. The summed E-state index contributed by atoms with van der Waals surface area (Å²) in [7, 11) is 0. The lowest BCUT2D eigenvalue weighted by atomic mass is 10.0. The molecule has 0 unspecified atom stereocenters. The molecule has 0 saturated carbocycles. The van der Waals surface area contributed by atoms with Gasteiger partial charge in [0, 0.05) is 0 Å². The Kier molecular flexibility index (Phi) is 7.94. The Morgan fingerprint density at radius 2 is 1.67 bits per heavy atom. The summed E-state index contributed by atoms with van der Waals surface area (Å²) < 4.78 is 0. The van der Waals surface area contributed by atoms with Crippen molar-refractivity contribution in [3.05, 3.63) is 35.4 Å². The van der Waals surface area contributed by atoms with Crippen LogP contribution in [0.5, 0.6) is 0 Å². The molecular weight excluding hydrogens is 222 g/mol. The maximum absolute atomic E-state index is 8.61. The summed E-state index contributed by atoms with van der Waals surface area (Å²) in [6, 6.07) is 8.14. The molecule has 0 fully saturated rings. The fourth-order valence-corrected chi connectivity index (χ4v) is 2.22. The molecular formula is C16H25NO. The van der Waals surface area contributed by atoms with E-state index in [9.17, 15) is 0 Å². The Labute approximate surface area is 111 Å². The number of hydrogen-bond acceptors (Lipinski definition) is 2. The van der Waals surface area contributed by atoms with E-state index in [1.54, 1.807) is 0 Å². The fraction of sp³-hybridized carbons (Fsp3) is 0.562. The lowest BCUT2D eigenvalue weighted by Crippen LogP contribution is -1.93. The summed E-state index contributed by atoms with van der Waals surface area (Å²) in [5.41, 5.74) is 2.31. The van der Waals surface area contributed by atoms with Gasteiger partial charge < -0.3 is 5.21 Å². The molecule has 18 heavy (non-hydrogen) atoms. The Hall–Kier alpha value is -1.31. The summed E-state index contributed by atoms with van der Waals surface area (Å²) in [5, 5.41) is 11.7. The van der Waals surface area contributed by atoms with Gasteiger partial charge in [0.1, 0.15) is 0 Å². The lowest BCUT2D eigenvalue weighted by Gasteiger charge is -2.05. The van der Waals surface area contributed by atoms with Crippen LogP contribution in [0.2, 0.25) is 0 Å². The van der Waals surface area contributed by atoms with Gasteiger partial charge >= 0.3 is 0 Å². The molecule has 0 aliphatic heterocycles. The van der Waals surface area contributed by atoms with Crippen molar-refractivity contribution in [2.45, 2.75) is 58.3 Å². The van der Waals surface area contributed by atoms with Crippen LogP contribution in [0.15, 0.2) is 29.4 Å². The number of rotatable bonds is 9. The quantitative estimate of drug-likeness (QED) is 0.289. The zero-order valence-corrected chi connectivity index (χ0v) is 11.4. The highest BCUT2D eigenvalue weighted by molar-refractivity contribution is 5.81. The van der Waals surface area contributed by atoms with Crippen molar-refractivity contribution in [3.63, 3.8) is 0 Å². The molecule has 0 aliphatic rings. The van der Waals surface area contributed by atoms with Crippen molar-refractivity contribution >= 4 is 6.21 Å². The number of benzene rings is 1. The molecule has 0 atom stereocenters. The zero-order valence-electron chi connectivity index (χ0n) is 11.4. The summed E-state index contributed by atoms with van der Waals surface area (Å²) >= 11 is 0. The molecule has 1 N–H and O–H groups in total. The molecule has 0 aromatic heterocycles. The normalized spacial score (nSPS) is 11.2. The first-order valence-electron chi connectivity index (χ1n) is 7.13. The third-order valence-corrected chi connectivity index (χ3v) is 3.30. The van der Waals surface area contributed by atoms with Gasteiger partial charge in [-0.25, -0.2) is 0 Å². The first-order valence-corrected chi connectivity index (χ1v) is 7.13. The molecule has 0 heterocycles. The van der Waals surface area contributed by atoms with Crippen LogP contribution < -0.4 is 0 Å². The molecule has 2 heteroatoms. The predicted molar refractivity (Wildman–Crippen MR) is 77.5 cm³/mol. The van der Waals surface area contributed by atoms with Crippen LogP contribution in [0.1, 0.15) is 63.0 Å². The van der Waals surface area contributed by atoms with Crippen molar-refractivity contribution in [1.29, 1.82) is 0 Å². The van der Waals surface area contributed by atoms with E-state index in [0.29, 0.717) is 0 Å². The third kappa shape index (κ3) is 5.85. The van der Waals surface area contributed by atoms with E-state index in [0.717, 1.165) is 12.0 Å². The van der Waals surface area contributed by atoms with E-state index >= 15 is 0 Å². The minimum absolute atomic E-state index is 1.03. The Morgan fingerprint density at radius 1 is 1.00 bits per heavy atom. The standard InChI is InChI=1S/C16H25NO/c1-2-3-4-5-6-7-8-11-15-12-9-10-13-16(15)14-17-18/h9-10,12-14,18H,2-8,11H2,1H3. The van der Waals surface area contributed by atoms with E-state index < -0.39 is 0 Å². The van der Waals surface area contributed by atoms with Gasteiger partial charge in [0.15, 0.2) is 0 Å². The van der Waals surface area contributed by atoms with Gasteiger partial charge in [-0.1, -0.05) is 74.9 Å². The van der Waals surface area contributed by atoms with E-state index in [4.69, 9.17) is 5.21 Å². The summed E-state index contributed by atoms with van der Waals surface area (Å²) in [6.45, 7) is 2.25. The van der Waals surface area contributed by atoms with Crippen LogP contribution in [0.25, 0.3) is 0 Å². The number of aryl methyl sites for hydroxylation is 1. The van der Waals surface area contributed by atoms with Crippen LogP contribution in [-0.2, 0) is 6.42 Å². The van der Waals surface area contributed by atoms with Gasteiger partial charge in [-0.05, 0) is 24.0 Å². The zero-order chi connectivity index (χ0) is 13.1. The van der Waals surface area contributed by atoms with Crippen LogP contribution in [0.4, 0.5) is 0 Å². The van der Waals surface area contributed by atoms with Crippen LogP contribution in [0, 0.1) is 0 Å². The SMILES string of the molecule is CCCCCCCCCc1ccccc1C=NO. The molecule has 0 saturated heterocycles. The van der Waals surface area contributed by atoms with Crippen molar-refractivity contribution < 1.29 is 5.21 Å². The molecule has 2 nitrogen and oxygen atoms in total. The molecule has 100 valence electrons. The average molecular weight is 247 g/mol. The summed E-state index contributed by atoms with van der Waals surface area (Å²) in [6.07, 6.45) is 11.9. The minimum atomic E-state index is 1.03. The fourth-order valence-electron chi connectivity index (χ4n) is 2.22. The predicted octanol–water partition coefficient (Wildman–Crippen LogP) is 4.79. The van der Waals surface area contributed by atoms with Crippen molar-refractivity contribution in [2.24, 2.45) is 5.16 Å². The van der Waals surface area contributed by atoms with Gasteiger partial charge in [0.05, 0.1) is 6.21 Å². The highest BCUT2D eigenvalue weighted by Gasteiger charge is 1.99. The second-order valence-electron chi connectivity index (χ2n) is 4.81. The van der Waals surface area contributed by atoms with Gasteiger partial charge in [0.2, 0.25) is 0 Å². The molecule has 1 rings (SSSR count). The number of oxime groups is 1. The Balaban J connectivity index is 2.22. The topological polar surface area (TPSA) is 32.6 Å². The van der Waals surface area contributed by atoms with E-state index in [1.165, 1.54) is 56.7 Å². The van der Waals surface area contributed by atoms with Crippen molar-refractivity contribution in [3.8, 4) is 0 Å². The second-order valence-corrected chi connectivity index (χ2v) is 4.81. The molecule has 1 aromatic rings. The maximum atomic E-state index is 8.61. The third-order valence-electron chi connectivity index (χ3n) is 3.30. The van der Waals surface area contributed by atoms with Gasteiger partial charge in [-0.15, -0.1) is 0 Å². The molecule has 1 aromatic carbocycles. The van der Waals surface area contributed by atoms with Gasteiger partial charge in [0.25, 0.3) is 0 Å². The van der Waals surface area contributed by atoms with E-state index in [-0.39, 0.29) is 0 Å². The molecule has 0 amide bonds. The highest BCUT2D eigenvalue weighted by atomic mass is 16.4.